The molecule has 0 fully saturated rings. The molecular formula is C22H40Al2Cl3O4. The summed E-state index contributed by atoms with van der Waals surface area (Å²) in [4.78, 5) is 20.3. The maximum Gasteiger partial charge on any atom is 0.643 e. The van der Waals surface area contributed by atoms with E-state index in [2.05, 4.69) is 13.2 Å². The fraction of sp³-hybridized carbons (Fsp3) is 0.727. The van der Waals surface area contributed by atoms with Gasteiger partial charge in [-0.05, 0) is 38.5 Å². The van der Waals surface area contributed by atoms with Crippen LogP contribution in [0.3, 0.4) is 0 Å². The molecule has 0 aromatic rings. The van der Waals surface area contributed by atoms with E-state index in [0.717, 1.165) is 38.5 Å². The van der Waals surface area contributed by atoms with Gasteiger partial charge in [0.15, 0.2) is 0 Å². The van der Waals surface area contributed by atoms with Crippen molar-refractivity contribution in [2.24, 2.45) is 0 Å². The number of aliphatic carboxylic acids is 2. The monoisotopic (exact) mass is 527 g/mol. The van der Waals surface area contributed by atoms with Crippen molar-refractivity contribution in [3.05, 3.63) is 25.3 Å². The van der Waals surface area contributed by atoms with Crippen LogP contribution in [0.15, 0.2) is 25.3 Å². The molecule has 3 radical (unpaired) electrons. The van der Waals surface area contributed by atoms with E-state index in [4.69, 9.17) is 40.4 Å². The summed E-state index contributed by atoms with van der Waals surface area (Å²) in [5, 5.41) is 16.8. The first-order valence-electron chi connectivity index (χ1n) is 10.9. The van der Waals surface area contributed by atoms with E-state index in [-0.39, 0.29) is 17.4 Å². The maximum atomic E-state index is 10.2. The molecule has 0 unspecified atom stereocenters. The highest BCUT2D eigenvalue weighted by molar-refractivity contribution is 7.54. The third-order valence-corrected chi connectivity index (χ3v) is 4.10. The molecule has 0 saturated heterocycles. The van der Waals surface area contributed by atoms with Gasteiger partial charge < -0.3 is 10.2 Å². The summed E-state index contributed by atoms with van der Waals surface area (Å²) in [6.45, 7) is 7.32. The zero-order valence-electron chi connectivity index (χ0n) is 18.9. The lowest BCUT2D eigenvalue weighted by Crippen LogP contribution is -1.93. The fourth-order valence-electron chi connectivity index (χ4n) is 2.54. The standard InChI is InChI=1S/2C11H20O2.2Al.3ClH/c2*1-2-3-4-5-6-7-8-9-10-11(12)13;;;;;/h2*2H,1,3-10H2,(H,12,13);;;3*1H/q;;;+3;;;/p-3. The first-order valence-corrected chi connectivity index (χ1v) is 16.1. The van der Waals surface area contributed by atoms with Crippen LogP contribution in [0.4, 0.5) is 0 Å². The van der Waals surface area contributed by atoms with Crippen molar-refractivity contribution >= 4 is 70.8 Å². The van der Waals surface area contributed by atoms with E-state index in [0.29, 0.717) is 12.8 Å². The molecule has 0 rings (SSSR count). The van der Waals surface area contributed by atoms with Gasteiger partial charge in [-0.25, -0.2) is 30.1 Å². The van der Waals surface area contributed by atoms with Crippen molar-refractivity contribution in [1.82, 2.24) is 0 Å². The number of carboxylic acid groups (broad SMARTS) is 2. The predicted molar refractivity (Wildman–Crippen MR) is 139 cm³/mol. The number of rotatable bonds is 18. The van der Waals surface area contributed by atoms with Crippen LogP contribution >= 0.6 is 30.1 Å². The Bertz CT molecular complexity index is 375. The van der Waals surface area contributed by atoms with Crippen LogP contribution in [0, 0.1) is 0 Å². The van der Waals surface area contributed by atoms with Crippen LogP contribution in [0.2, 0.25) is 0 Å². The Balaban J connectivity index is -0.000000195. The topological polar surface area (TPSA) is 74.6 Å². The Morgan fingerprint density at radius 2 is 0.839 bits per heavy atom. The Kier molecular flexibility index (Phi) is 43.5. The maximum absolute atomic E-state index is 10.2. The lowest BCUT2D eigenvalue weighted by atomic mass is 10.1. The minimum atomic E-state index is -1.72. The lowest BCUT2D eigenvalue weighted by molar-refractivity contribution is -0.138. The predicted octanol–water partition coefficient (Wildman–Crippen LogP) is 8.06. The number of halogens is 3. The van der Waals surface area contributed by atoms with E-state index in [9.17, 15) is 9.59 Å². The molecule has 9 heteroatoms. The average Bonchev–Trinajstić information content (AvgIpc) is 2.66. The molecule has 4 nitrogen and oxygen atoms in total. The molecule has 179 valence electrons. The largest absolute Gasteiger partial charge is 0.643 e. The summed E-state index contributed by atoms with van der Waals surface area (Å²) in [7, 11) is 14.8. The van der Waals surface area contributed by atoms with Crippen LogP contribution in [0.1, 0.15) is 103 Å². The summed E-state index contributed by atoms with van der Waals surface area (Å²) in [5.41, 5.74) is 0. The van der Waals surface area contributed by atoms with Gasteiger partial charge in [-0.1, -0.05) is 63.5 Å². The Hall–Kier alpha value is 0.355. The molecule has 0 aliphatic rings. The molecule has 0 spiro atoms. The number of carbonyl (C=O) groups is 2. The third-order valence-electron chi connectivity index (χ3n) is 4.10. The van der Waals surface area contributed by atoms with E-state index in [1.54, 1.807) is 0 Å². The van der Waals surface area contributed by atoms with Crippen LogP contribution in [0.25, 0.3) is 0 Å². The van der Waals surface area contributed by atoms with Crippen LogP contribution < -0.4 is 0 Å². The summed E-state index contributed by atoms with van der Waals surface area (Å²) in [6, 6.07) is 0. The molecule has 0 aromatic carbocycles. The molecule has 2 N–H and O–H groups in total. The third kappa shape index (κ3) is 58.9. The minimum absolute atomic E-state index is 0. The Morgan fingerprint density at radius 3 is 1.06 bits per heavy atom. The molecule has 0 atom stereocenters. The van der Waals surface area contributed by atoms with Crippen LogP contribution in [-0.4, -0.2) is 50.9 Å². The number of hydrogen-bond acceptors (Lipinski definition) is 2. The van der Waals surface area contributed by atoms with E-state index >= 15 is 0 Å². The number of allylic oxidation sites excluding steroid dienone is 2. The van der Waals surface area contributed by atoms with E-state index in [1.165, 1.54) is 51.4 Å². The highest BCUT2D eigenvalue weighted by Crippen LogP contribution is 2.09. The molecule has 0 heterocycles. The van der Waals surface area contributed by atoms with Crippen molar-refractivity contribution in [3.8, 4) is 0 Å². The van der Waals surface area contributed by atoms with Crippen LogP contribution in [-0.2, 0) is 9.59 Å². The van der Waals surface area contributed by atoms with E-state index < -0.39 is 23.3 Å². The van der Waals surface area contributed by atoms with Crippen molar-refractivity contribution in [2.75, 3.05) is 0 Å². The number of unbranched alkanes of at least 4 members (excludes halogenated alkanes) is 12. The van der Waals surface area contributed by atoms with Crippen LogP contribution in [0.5, 0.6) is 0 Å². The first kappa shape index (κ1) is 38.6. The van der Waals surface area contributed by atoms with Gasteiger partial charge in [0.25, 0.3) is 0 Å². The van der Waals surface area contributed by atoms with Gasteiger partial charge in [0, 0.05) is 30.2 Å². The first-order chi connectivity index (χ1) is 14.3. The van der Waals surface area contributed by atoms with E-state index in [1.807, 2.05) is 12.2 Å². The Labute approximate surface area is 217 Å². The van der Waals surface area contributed by atoms with Gasteiger partial charge in [-0.2, -0.15) is 0 Å². The highest BCUT2D eigenvalue weighted by Gasteiger charge is 2.00. The molecule has 0 aliphatic carbocycles. The minimum Gasteiger partial charge on any atom is -0.481 e. The molecule has 31 heavy (non-hydrogen) atoms. The van der Waals surface area contributed by atoms with Gasteiger partial charge in [-0.3, -0.25) is 9.59 Å². The average molecular weight is 529 g/mol. The molecular weight excluding hydrogens is 489 g/mol. The van der Waals surface area contributed by atoms with Gasteiger partial charge >= 0.3 is 23.3 Å². The fourth-order valence-corrected chi connectivity index (χ4v) is 2.54. The van der Waals surface area contributed by atoms with Gasteiger partial charge in [0.2, 0.25) is 0 Å². The van der Waals surface area contributed by atoms with Gasteiger partial charge in [0.1, 0.15) is 0 Å². The second kappa shape index (κ2) is 35.0. The number of hydrogen-bond donors (Lipinski definition) is 2. The normalized spacial score (nSPS) is 9.13. The number of carboxylic acids is 2. The SMILES string of the molecule is C=CCCCCCCCCC(=O)O.C=CCCCCCCCCC(=O)O.[Al].[Cl][Al]([Cl])[Cl]. The summed E-state index contributed by atoms with van der Waals surface area (Å²) in [5.74, 6) is -1.35. The quantitative estimate of drug-likeness (QED) is 0.107. The van der Waals surface area contributed by atoms with Crippen molar-refractivity contribution in [2.45, 2.75) is 103 Å². The molecule has 0 saturated carbocycles. The highest BCUT2D eigenvalue weighted by atomic mass is 35.8. The lowest BCUT2D eigenvalue weighted by Gasteiger charge is -1.98. The Morgan fingerprint density at radius 1 is 0.613 bits per heavy atom. The molecule has 0 aliphatic heterocycles. The molecule has 0 aromatic heterocycles. The molecule has 0 bridgehead atoms. The molecule has 0 amide bonds. The van der Waals surface area contributed by atoms with Gasteiger partial charge in [0.05, 0.1) is 0 Å². The van der Waals surface area contributed by atoms with Crippen molar-refractivity contribution < 1.29 is 19.8 Å². The second-order valence-corrected chi connectivity index (χ2v) is 13.4. The zero-order valence-corrected chi connectivity index (χ0v) is 23.5. The summed E-state index contributed by atoms with van der Waals surface area (Å²) < 4.78 is 0. The smallest absolute Gasteiger partial charge is 0.481 e. The summed E-state index contributed by atoms with van der Waals surface area (Å²) >= 11 is -1.72. The summed E-state index contributed by atoms with van der Waals surface area (Å²) in [6.07, 6.45) is 20.3. The van der Waals surface area contributed by atoms with Crippen molar-refractivity contribution in [3.63, 3.8) is 0 Å². The van der Waals surface area contributed by atoms with Gasteiger partial charge in [-0.15, -0.1) is 13.2 Å². The second-order valence-electron chi connectivity index (χ2n) is 6.93. The van der Waals surface area contributed by atoms with Crippen molar-refractivity contribution in [1.29, 1.82) is 0 Å². The zero-order chi connectivity index (χ0) is 23.5.